The van der Waals surface area contributed by atoms with Gasteiger partial charge in [-0.25, -0.2) is 9.78 Å². The van der Waals surface area contributed by atoms with E-state index in [0.29, 0.717) is 34.9 Å². The maximum absolute atomic E-state index is 13.6. The molecule has 2 aromatic carbocycles. The lowest BCUT2D eigenvalue weighted by molar-refractivity contribution is -0.139. The van der Waals surface area contributed by atoms with Crippen molar-refractivity contribution in [3.63, 3.8) is 0 Å². The minimum absolute atomic E-state index is 0.0401. The van der Waals surface area contributed by atoms with Gasteiger partial charge in [0.15, 0.2) is 12.2 Å². The van der Waals surface area contributed by atoms with Crippen molar-refractivity contribution in [3.8, 4) is 16.3 Å². The Kier molecular flexibility index (Phi) is 6.84. The van der Waals surface area contributed by atoms with E-state index >= 15 is 0 Å². The zero-order valence-corrected chi connectivity index (χ0v) is 20.1. The topological polar surface area (TPSA) is 85.5 Å². The fourth-order valence-corrected chi connectivity index (χ4v) is 5.11. The quantitative estimate of drug-likeness (QED) is 0.289. The molecule has 0 amide bonds. The molecule has 4 rings (SSSR count). The van der Waals surface area contributed by atoms with Crippen LogP contribution in [0.2, 0.25) is 0 Å². The van der Waals surface area contributed by atoms with E-state index in [1.165, 1.54) is 23.5 Å². The number of carboxylic acids is 1. The first kappa shape index (κ1) is 24.7. The summed E-state index contributed by atoms with van der Waals surface area (Å²) in [6.07, 6.45) is -3.42. The van der Waals surface area contributed by atoms with Crippen molar-refractivity contribution in [2.75, 3.05) is 6.61 Å². The van der Waals surface area contributed by atoms with Crippen LogP contribution in [0.25, 0.3) is 21.5 Å². The lowest BCUT2D eigenvalue weighted by Gasteiger charge is -2.10. The van der Waals surface area contributed by atoms with Gasteiger partial charge in [0.2, 0.25) is 0 Å². The highest BCUT2D eigenvalue weighted by Gasteiger charge is 2.34. The Balaban J connectivity index is 1.62. The van der Waals surface area contributed by atoms with Gasteiger partial charge >= 0.3 is 12.1 Å². The minimum Gasteiger partial charge on any atom is -0.481 e. The Labute approximate surface area is 203 Å². The van der Waals surface area contributed by atoms with Crippen LogP contribution < -0.4 is 4.74 Å². The number of alkyl halides is 3. The number of nitrogens with zero attached hydrogens (tertiary/aromatic N) is 2. The highest BCUT2D eigenvalue weighted by molar-refractivity contribution is 7.15. The number of aryl methyl sites for hydroxylation is 3. The number of aliphatic carboxylic acids is 1. The van der Waals surface area contributed by atoms with E-state index in [0.717, 1.165) is 27.6 Å². The molecule has 2 heterocycles. The highest BCUT2D eigenvalue weighted by atomic mass is 32.1. The van der Waals surface area contributed by atoms with Gasteiger partial charge in [0.1, 0.15) is 10.8 Å². The van der Waals surface area contributed by atoms with Crippen LogP contribution >= 0.6 is 11.3 Å². The third-order valence-electron chi connectivity index (χ3n) is 5.52. The van der Waals surface area contributed by atoms with Crippen molar-refractivity contribution in [2.24, 2.45) is 0 Å². The van der Waals surface area contributed by atoms with Crippen LogP contribution in [0.3, 0.4) is 0 Å². The first-order valence-corrected chi connectivity index (χ1v) is 11.8. The van der Waals surface area contributed by atoms with Gasteiger partial charge in [-0.1, -0.05) is 37.2 Å². The molecular formula is C25H23F3N2O4S. The van der Waals surface area contributed by atoms with Crippen LogP contribution in [-0.2, 0) is 23.8 Å². The van der Waals surface area contributed by atoms with E-state index in [4.69, 9.17) is 14.4 Å². The molecule has 1 N–H and O–H groups in total. The third kappa shape index (κ3) is 5.32. The Morgan fingerprint density at radius 3 is 2.63 bits per heavy atom. The molecule has 35 heavy (non-hydrogen) atoms. The molecule has 0 aliphatic heterocycles. The molecule has 0 atom stereocenters. The maximum atomic E-state index is 13.6. The summed E-state index contributed by atoms with van der Waals surface area (Å²) in [6.45, 7) is 5.27. The molecule has 0 radical (unpaired) electrons. The van der Waals surface area contributed by atoms with Crippen LogP contribution in [0.5, 0.6) is 5.75 Å². The molecule has 6 nitrogen and oxygen atoms in total. The zero-order chi connectivity index (χ0) is 25.3. The summed E-state index contributed by atoms with van der Waals surface area (Å²) < 4.78 is 51.4. The van der Waals surface area contributed by atoms with Gasteiger partial charge in [-0.15, -0.1) is 11.3 Å². The summed E-state index contributed by atoms with van der Waals surface area (Å²) in [7, 11) is 0. The number of hydrogen-bond donors (Lipinski definition) is 1. The third-order valence-corrected chi connectivity index (χ3v) is 6.68. The van der Waals surface area contributed by atoms with Gasteiger partial charge in [0.05, 0.1) is 17.0 Å². The molecule has 4 aromatic rings. The normalized spacial score (nSPS) is 12.0. The number of hydrogen-bond acceptors (Lipinski definition) is 6. The molecular weight excluding hydrogens is 481 g/mol. The Morgan fingerprint density at radius 2 is 1.94 bits per heavy atom. The SMILES string of the molecule is Cc1cc2c(CCc3sc(-c4ccccc4C(F)(F)F)nc3C(C)C)noc2cc1OCC(=O)O. The summed E-state index contributed by atoms with van der Waals surface area (Å²) in [4.78, 5) is 16.3. The molecule has 0 saturated heterocycles. The average Bonchev–Trinajstić information content (AvgIpc) is 3.39. The highest BCUT2D eigenvalue weighted by Crippen LogP contribution is 2.40. The molecule has 0 bridgehead atoms. The van der Waals surface area contributed by atoms with Gasteiger partial charge in [0.25, 0.3) is 0 Å². The molecule has 2 aromatic heterocycles. The predicted octanol–water partition coefficient (Wildman–Crippen LogP) is 6.65. The standard InChI is InChI=1S/C25H23F3N2O4S/c1-13(2)23-21(35-24(29-23)15-6-4-5-7-17(15)25(26,27)28)9-8-18-16-10-14(3)19(33-12-22(31)32)11-20(16)34-30-18/h4-7,10-11,13H,8-9,12H2,1-3H3,(H,31,32). The van der Waals surface area contributed by atoms with Crippen molar-refractivity contribution in [2.45, 2.75) is 45.7 Å². The number of aromatic nitrogens is 2. The van der Waals surface area contributed by atoms with Crippen molar-refractivity contribution in [3.05, 3.63) is 63.8 Å². The van der Waals surface area contributed by atoms with Crippen molar-refractivity contribution in [1.29, 1.82) is 0 Å². The van der Waals surface area contributed by atoms with Crippen LogP contribution in [0.15, 0.2) is 40.9 Å². The lowest BCUT2D eigenvalue weighted by atomic mass is 10.0. The predicted molar refractivity (Wildman–Crippen MR) is 126 cm³/mol. The smallest absolute Gasteiger partial charge is 0.417 e. The molecule has 0 aliphatic carbocycles. The zero-order valence-electron chi connectivity index (χ0n) is 19.3. The molecule has 0 saturated carbocycles. The number of thiazole rings is 1. The first-order chi connectivity index (χ1) is 16.5. The van der Waals surface area contributed by atoms with Gasteiger partial charge in [-0.2, -0.15) is 13.2 Å². The number of carbonyl (C=O) groups is 1. The number of carboxylic acid groups (broad SMARTS) is 1. The summed E-state index contributed by atoms with van der Waals surface area (Å²) in [5, 5.41) is 14.1. The van der Waals surface area contributed by atoms with E-state index in [1.807, 2.05) is 19.9 Å². The van der Waals surface area contributed by atoms with E-state index in [1.54, 1.807) is 19.1 Å². The van der Waals surface area contributed by atoms with E-state index in [9.17, 15) is 18.0 Å². The van der Waals surface area contributed by atoms with Crippen LogP contribution in [0.1, 0.15) is 47.2 Å². The van der Waals surface area contributed by atoms with Crippen molar-refractivity contribution >= 4 is 28.3 Å². The van der Waals surface area contributed by atoms with E-state index in [-0.39, 0.29) is 11.5 Å². The largest absolute Gasteiger partial charge is 0.481 e. The Morgan fingerprint density at radius 1 is 1.20 bits per heavy atom. The summed E-state index contributed by atoms with van der Waals surface area (Å²) in [5.74, 6) is -0.635. The average molecular weight is 505 g/mol. The molecule has 0 aliphatic rings. The number of fused-ring (bicyclic) bond motifs is 1. The second kappa shape index (κ2) is 9.69. The van der Waals surface area contributed by atoms with Crippen LogP contribution in [0, 0.1) is 6.92 Å². The van der Waals surface area contributed by atoms with Crippen LogP contribution in [-0.4, -0.2) is 27.8 Å². The molecule has 10 heteroatoms. The molecule has 184 valence electrons. The molecule has 0 unspecified atom stereocenters. The van der Waals surface area contributed by atoms with Gasteiger partial charge in [0, 0.05) is 21.9 Å². The second-order valence-corrected chi connectivity index (χ2v) is 9.53. The van der Waals surface area contributed by atoms with Crippen molar-refractivity contribution < 1.29 is 32.3 Å². The van der Waals surface area contributed by atoms with Gasteiger partial charge in [-0.3, -0.25) is 0 Å². The number of rotatable bonds is 8. The molecule has 0 spiro atoms. The van der Waals surface area contributed by atoms with Crippen molar-refractivity contribution in [1.82, 2.24) is 10.1 Å². The monoisotopic (exact) mass is 504 g/mol. The van der Waals surface area contributed by atoms with Gasteiger partial charge < -0.3 is 14.4 Å². The Bertz CT molecular complexity index is 1380. The number of halogens is 3. The summed E-state index contributed by atoms with van der Waals surface area (Å²) in [6, 6.07) is 8.93. The second-order valence-electron chi connectivity index (χ2n) is 8.45. The van der Waals surface area contributed by atoms with Crippen LogP contribution in [0.4, 0.5) is 13.2 Å². The number of ether oxygens (including phenoxy) is 1. The number of benzene rings is 2. The Hall–Kier alpha value is -3.40. The molecule has 0 fully saturated rings. The fraction of sp³-hybridized carbons (Fsp3) is 0.320. The first-order valence-electron chi connectivity index (χ1n) is 10.9. The van der Waals surface area contributed by atoms with E-state index < -0.39 is 24.3 Å². The fourth-order valence-electron chi connectivity index (χ4n) is 3.86. The summed E-state index contributed by atoms with van der Waals surface area (Å²) >= 11 is 1.27. The lowest BCUT2D eigenvalue weighted by Crippen LogP contribution is -2.10. The van der Waals surface area contributed by atoms with Gasteiger partial charge in [-0.05, 0) is 43.4 Å². The van der Waals surface area contributed by atoms with E-state index in [2.05, 4.69) is 10.1 Å². The summed E-state index contributed by atoms with van der Waals surface area (Å²) in [5.41, 5.74) is 2.07. The maximum Gasteiger partial charge on any atom is 0.417 e. The minimum atomic E-state index is -4.47.